The molecule has 1 aromatic heterocycles. The second kappa shape index (κ2) is 6.63. The number of carbonyl (C=O) groups excluding carboxylic acids is 1. The van der Waals surface area contributed by atoms with Gasteiger partial charge in [-0.2, -0.15) is 8.42 Å². The first kappa shape index (κ1) is 17.4. The van der Waals surface area contributed by atoms with Gasteiger partial charge in [0.1, 0.15) is 0 Å². The van der Waals surface area contributed by atoms with Crippen LogP contribution in [0.1, 0.15) is 25.0 Å². The van der Waals surface area contributed by atoms with Gasteiger partial charge >= 0.3 is 0 Å². The highest BCUT2D eigenvalue weighted by Gasteiger charge is 2.22. The van der Waals surface area contributed by atoms with E-state index in [0.717, 1.165) is 22.5 Å². The number of aromatic nitrogens is 2. The van der Waals surface area contributed by atoms with Crippen molar-refractivity contribution in [2.24, 2.45) is 5.92 Å². The van der Waals surface area contributed by atoms with Crippen LogP contribution < -0.4 is 10.0 Å². The maximum absolute atomic E-state index is 12.4. The van der Waals surface area contributed by atoms with Gasteiger partial charge in [0, 0.05) is 5.92 Å². The number of nitrogens with zero attached hydrogens (tertiary/aromatic N) is 2. The Hall–Kier alpha value is -2.00. The highest BCUT2D eigenvalue weighted by atomic mass is 32.2. The third kappa shape index (κ3) is 4.05. The van der Waals surface area contributed by atoms with Gasteiger partial charge in [0.2, 0.25) is 11.0 Å². The van der Waals surface area contributed by atoms with E-state index in [1.807, 2.05) is 32.0 Å². The summed E-state index contributed by atoms with van der Waals surface area (Å²) in [6.45, 7) is 7.10. The topological polar surface area (TPSA) is 101 Å². The van der Waals surface area contributed by atoms with Crippen LogP contribution in [0.5, 0.6) is 0 Å². The van der Waals surface area contributed by atoms with Crippen molar-refractivity contribution in [1.82, 2.24) is 10.2 Å². The summed E-state index contributed by atoms with van der Waals surface area (Å²) in [6, 6.07) is 5.49. The van der Waals surface area contributed by atoms with E-state index in [-0.39, 0.29) is 21.3 Å². The Morgan fingerprint density at radius 2 is 1.78 bits per heavy atom. The van der Waals surface area contributed by atoms with E-state index in [4.69, 9.17) is 0 Å². The second-order valence-corrected chi connectivity index (χ2v) is 8.22. The van der Waals surface area contributed by atoms with Crippen molar-refractivity contribution in [2.45, 2.75) is 32.0 Å². The summed E-state index contributed by atoms with van der Waals surface area (Å²) in [6.07, 6.45) is 0. The van der Waals surface area contributed by atoms with Gasteiger partial charge in [-0.05, 0) is 25.0 Å². The molecule has 2 aromatic rings. The zero-order valence-electron chi connectivity index (χ0n) is 13.2. The third-order valence-electron chi connectivity index (χ3n) is 3.11. The molecular formula is C14H18N4O3S2. The Morgan fingerprint density at radius 3 is 2.35 bits per heavy atom. The highest BCUT2D eigenvalue weighted by Crippen LogP contribution is 2.26. The van der Waals surface area contributed by atoms with E-state index in [1.165, 1.54) is 0 Å². The molecule has 0 bridgehead atoms. The van der Waals surface area contributed by atoms with E-state index in [1.54, 1.807) is 13.8 Å². The van der Waals surface area contributed by atoms with Crippen LogP contribution in [-0.4, -0.2) is 24.5 Å². The number of hydrogen-bond donors (Lipinski definition) is 2. The second-order valence-electron chi connectivity index (χ2n) is 5.39. The summed E-state index contributed by atoms with van der Waals surface area (Å²) >= 11 is 0.812. The Kier molecular flexibility index (Phi) is 5.00. The highest BCUT2D eigenvalue weighted by molar-refractivity contribution is 7.94. The van der Waals surface area contributed by atoms with Crippen molar-refractivity contribution >= 4 is 38.1 Å². The summed E-state index contributed by atoms with van der Waals surface area (Å²) < 4.78 is 27.2. The number of nitrogens with one attached hydrogen (secondary N) is 2. The number of rotatable bonds is 5. The lowest BCUT2D eigenvalue weighted by Crippen LogP contribution is -2.17. The van der Waals surface area contributed by atoms with Crippen molar-refractivity contribution in [3.8, 4) is 0 Å². The molecule has 0 aliphatic rings. The van der Waals surface area contributed by atoms with E-state index >= 15 is 0 Å². The van der Waals surface area contributed by atoms with Crippen molar-refractivity contribution in [1.29, 1.82) is 0 Å². The number of aryl methyl sites for hydroxylation is 2. The first-order valence-electron chi connectivity index (χ1n) is 6.94. The van der Waals surface area contributed by atoms with Crippen LogP contribution in [0.25, 0.3) is 0 Å². The summed E-state index contributed by atoms with van der Waals surface area (Å²) in [5.41, 5.74) is 2.15. The van der Waals surface area contributed by atoms with Crippen molar-refractivity contribution in [3.05, 3.63) is 29.3 Å². The van der Waals surface area contributed by atoms with Gasteiger partial charge in [0.05, 0.1) is 5.69 Å². The normalized spacial score (nSPS) is 11.5. The van der Waals surface area contributed by atoms with Crippen LogP contribution in [-0.2, 0) is 14.8 Å². The molecule has 2 N–H and O–H groups in total. The molecule has 1 amide bonds. The van der Waals surface area contributed by atoms with Crippen LogP contribution in [0.15, 0.2) is 22.5 Å². The van der Waals surface area contributed by atoms with Crippen LogP contribution in [0.4, 0.5) is 10.8 Å². The lowest BCUT2D eigenvalue weighted by Gasteiger charge is -2.11. The van der Waals surface area contributed by atoms with Gasteiger partial charge in [-0.15, -0.1) is 10.2 Å². The predicted molar refractivity (Wildman–Crippen MR) is 90.1 cm³/mol. The Bertz CT molecular complexity index is 808. The first-order valence-corrected chi connectivity index (χ1v) is 9.24. The molecule has 7 nitrogen and oxygen atoms in total. The number of hydrogen-bond acceptors (Lipinski definition) is 6. The average molecular weight is 354 g/mol. The number of benzene rings is 1. The molecule has 0 spiro atoms. The van der Waals surface area contributed by atoms with Gasteiger partial charge in [0.15, 0.2) is 0 Å². The molecule has 1 heterocycles. The predicted octanol–water partition coefficient (Wildman–Crippen LogP) is 2.55. The fourth-order valence-corrected chi connectivity index (χ4v) is 3.88. The Balaban J connectivity index is 2.24. The molecule has 0 fully saturated rings. The van der Waals surface area contributed by atoms with E-state index in [0.29, 0.717) is 5.69 Å². The molecule has 0 radical (unpaired) electrons. The molecule has 2 rings (SSSR count). The largest absolute Gasteiger partial charge is 0.300 e. The molecule has 124 valence electrons. The maximum Gasteiger partial charge on any atom is 0.291 e. The summed E-state index contributed by atoms with van der Waals surface area (Å²) in [4.78, 5) is 11.6. The van der Waals surface area contributed by atoms with Gasteiger partial charge < -0.3 is 5.32 Å². The maximum atomic E-state index is 12.4. The minimum Gasteiger partial charge on any atom is -0.300 e. The number of sulfonamides is 1. The Labute approximate surface area is 139 Å². The smallest absolute Gasteiger partial charge is 0.291 e. The quantitative estimate of drug-likeness (QED) is 0.804. The zero-order chi connectivity index (χ0) is 17.2. The Morgan fingerprint density at radius 1 is 1.17 bits per heavy atom. The van der Waals surface area contributed by atoms with Crippen LogP contribution in [0, 0.1) is 19.8 Å². The first-order chi connectivity index (χ1) is 10.7. The number of anilines is 2. The van der Waals surface area contributed by atoms with Crippen LogP contribution >= 0.6 is 11.3 Å². The molecule has 1 aromatic carbocycles. The molecule has 9 heteroatoms. The molecule has 0 aliphatic heterocycles. The number of para-hydroxylation sites is 1. The van der Waals surface area contributed by atoms with Crippen molar-refractivity contribution in [2.75, 3.05) is 10.0 Å². The van der Waals surface area contributed by atoms with E-state index in [9.17, 15) is 13.2 Å². The minimum absolute atomic E-state index is 0.158. The zero-order valence-corrected chi connectivity index (χ0v) is 14.9. The van der Waals surface area contributed by atoms with Crippen LogP contribution in [0.3, 0.4) is 0 Å². The fraction of sp³-hybridized carbons (Fsp3) is 0.357. The standard InChI is InChI=1S/C14H18N4O3S2/c1-8(2)12(19)15-13-16-17-14(22-13)23(20,21)18-11-9(3)6-5-7-10(11)4/h5-8,18H,1-4H3,(H,15,16,19). The molecule has 23 heavy (non-hydrogen) atoms. The van der Waals surface area contributed by atoms with Crippen molar-refractivity contribution < 1.29 is 13.2 Å². The van der Waals surface area contributed by atoms with Crippen LogP contribution in [0.2, 0.25) is 0 Å². The average Bonchev–Trinajstić information content (AvgIpc) is 2.92. The molecule has 0 saturated heterocycles. The molecule has 0 saturated carbocycles. The van der Waals surface area contributed by atoms with Gasteiger partial charge in [0.25, 0.3) is 14.4 Å². The summed E-state index contributed by atoms with van der Waals surface area (Å²) in [7, 11) is -3.85. The minimum atomic E-state index is -3.85. The molecular weight excluding hydrogens is 336 g/mol. The van der Waals surface area contributed by atoms with Gasteiger partial charge in [-0.3, -0.25) is 9.52 Å². The van der Waals surface area contributed by atoms with E-state index < -0.39 is 10.0 Å². The van der Waals surface area contributed by atoms with Crippen molar-refractivity contribution in [3.63, 3.8) is 0 Å². The third-order valence-corrected chi connectivity index (χ3v) is 5.66. The SMILES string of the molecule is Cc1cccc(C)c1NS(=O)(=O)c1nnc(NC(=O)C(C)C)s1. The molecule has 0 aliphatic carbocycles. The number of amides is 1. The van der Waals surface area contributed by atoms with Gasteiger partial charge in [-0.25, -0.2) is 0 Å². The van der Waals surface area contributed by atoms with Gasteiger partial charge in [-0.1, -0.05) is 43.4 Å². The molecule has 0 unspecified atom stereocenters. The van der Waals surface area contributed by atoms with E-state index in [2.05, 4.69) is 20.2 Å². The number of carbonyl (C=O) groups is 1. The fourth-order valence-electron chi connectivity index (χ4n) is 1.77. The summed E-state index contributed by atoms with van der Waals surface area (Å²) in [5, 5.41) is 10.1. The lowest BCUT2D eigenvalue weighted by atomic mass is 10.1. The monoisotopic (exact) mass is 354 g/mol. The lowest BCUT2D eigenvalue weighted by molar-refractivity contribution is -0.118. The molecule has 0 atom stereocenters. The summed E-state index contributed by atoms with van der Waals surface area (Å²) in [5.74, 6) is -0.473.